The molecule has 2 N–H and O–H groups in total. The second-order valence-electron chi connectivity index (χ2n) is 8.15. The van der Waals surface area contributed by atoms with E-state index in [-0.39, 0.29) is 35.8 Å². The fraction of sp³-hybridized carbons (Fsp3) is 0.333. The van der Waals surface area contributed by atoms with E-state index in [4.69, 9.17) is 4.52 Å². The van der Waals surface area contributed by atoms with Crippen molar-refractivity contribution in [3.63, 3.8) is 0 Å². The van der Waals surface area contributed by atoms with Crippen LogP contribution in [-0.2, 0) is 19.3 Å². The molecule has 0 bridgehead atoms. The molecule has 1 aromatic heterocycles. The highest BCUT2D eigenvalue weighted by Crippen LogP contribution is 2.32. The van der Waals surface area contributed by atoms with Gasteiger partial charge < -0.3 is 15.2 Å². The Balaban J connectivity index is 1.88. The topological polar surface area (TPSA) is 67.2 Å². The van der Waals surface area contributed by atoms with E-state index in [1.54, 1.807) is 12.1 Å². The summed E-state index contributed by atoms with van der Waals surface area (Å²) in [6.07, 6.45) is -4.46. The number of halogens is 4. The van der Waals surface area contributed by atoms with Crippen LogP contribution in [0.25, 0.3) is 11.3 Å². The molecule has 3 aromatic rings. The Labute approximate surface area is 189 Å². The fourth-order valence-electron chi connectivity index (χ4n) is 3.11. The van der Waals surface area contributed by atoms with Crippen LogP contribution in [0.3, 0.4) is 0 Å². The van der Waals surface area contributed by atoms with Gasteiger partial charge in [0.25, 0.3) is 5.91 Å². The lowest BCUT2D eigenvalue weighted by atomic mass is 10.0. The third-order valence-corrected chi connectivity index (χ3v) is 5.36. The SMILES string of the molecule is CC(C)[C@H](C)NC(=O)c1noc(-c2ccc(C(F)(F)F)cc2)c1CNCc1cccc(F)c1. The number of hydrogen-bond acceptors (Lipinski definition) is 4. The lowest BCUT2D eigenvalue weighted by Gasteiger charge is -2.17. The first-order valence-corrected chi connectivity index (χ1v) is 10.5. The maximum atomic E-state index is 13.4. The second kappa shape index (κ2) is 10.2. The molecule has 1 amide bonds. The molecule has 176 valence electrons. The Morgan fingerprint density at radius 2 is 1.76 bits per heavy atom. The van der Waals surface area contributed by atoms with E-state index < -0.39 is 17.6 Å². The normalized spacial score (nSPS) is 12.7. The van der Waals surface area contributed by atoms with Crippen LogP contribution in [0.15, 0.2) is 53.1 Å². The Morgan fingerprint density at radius 1 is 1.06 bits per heavy atom. The minimum atomic E-state index is -4.46. The van der Waals surface area contributed by atoms with Gasteiger partial charge in [-0.05, 0) is 42.7 Å². The number of hydrogen-bond donors (Lipinski definition) is 2. The first-order valence-electron chi connectivity index (χ1n) is 10.5. The molecule has 1 atom stereocenters. The van der Waals surface area contributed by atoms with E-state index in [9.17, 15) is 22.4 Å². The van der Waals surface area contributed by atoms with Crippen molar-refractivity contribution < 1.29 is 26.9 Å². The molecule has 0 aliphatic rings. The number of carbonyl (C=O) groups excluding carboxylic acids is 1. The molecule has 9 heteroatoms. The van der Waals surface area contributed by atoms with Gasteiger partial charge in [-0.2, -0.15) is 13.2 Å². The van der Waals surface area contributed by atoms with Crippen LogP contribution in [0.4, 0.5) is 17.6 Å². The molecular weight excluding hydrogens is 438 g/mol. The minimum Gasteiger partial charge on any atom is -0.355 e. The van der Waals surface area contributed by atoms with Gasteiger partial charge in [0, 0.05) is 30.3 Å². The number of carbonyl (C=O) groups is 1. The molecule has 33 heavy (non-hydrogen) atoms. The average molecular weight is 463 g/mol. The Morgan fingerprint density at radius 3 is 2.36 bits per heavy atom. The van der Waals surface area contributed by atoms with Crippen molar-refractivity contribution in [1.29, 1.82) is 0 Å². The van der Waals surface area contributed by atoms with E-state index in [0.29, 0.717) is 23.2 Å². The highest BCUT2D eigenvalue weighted by molar-refractivity contribution is 5.95. The van der Waals surface area contributed by atoms with Crippen LogP contribution in [0.2, 0.25) is 0 Å². The molecule has 3 rings (SSSR count). The molecule has 0 aliphatic carbocycles. The summed E-state index contributed by atoms with van der Waals surface area (Å²) in [5, 5.41) is 9.89. The van der Waals surface area contributed by atoms with Gasteiger partial charge in [0.2, 0.25) is 0 Å². The summed E-state index contributed by atoms with van der Waals surface area (Å²) in [5.41, 5.74) is 0.708. The van der Waals surface area contributed by atoms with Crippen molar-refractivity contribution in [2.45, 2.75) is 46.1 Å². The molecule has 0 spiro atoms. The van der Waals surface area contributed by atoms with Crippen molar-refractivity contribution >= 4 is 5.91 Å². The van der Waals surface area contributed by atoms with Gasteiger partial charge in [-0.1, -0.05) is 43.3 Å². The molecule has 0 fully saturated rings. The van der Waals surface area contributed by atoms with Crippen LogP contribution in [0, 0.1) is 11.7 Å². The first kappa shape index (κ1) is 24.4. The molecule has 1 heterocycles. The monoisotopic (exact) mass is 463 g/mol. The predicted octanol–water partition coefficient (Wildman–Crippen LogP) is 5.56. The summed E-state index contributed by atoms with van der Waals surface area (Å²) >= 11 is 0. The Bertz CT molecular complexity index is 1090. The molecule has 0 saturated carbocycles. The van der Waals surface area contributed by atoms with Crippen LogP contribution >= 0.6 is 0 Å². The maximum Gasteiger partial charge on any atom is 0.416 e. The Hall–Kier alpha value is -3.20. The van der Waals surface area contributed by atoms with Crippen LogP contribution in [-0.4, -0.2) is 17.1 Å². The molecular formula is C24H25F4N3O2. The van der Waals surface area contributed by atoms with E-state index >= 15 is 0 Å². The largest absolute Gasteiger partial charge is 0.416 e. The Kier molecular flexibility index (Phi) is 7.53. The van der Waals surface area contributed by atoms with Gasteiger partial charge >= 0.3 is 6.18 Å². The highest BCUT2D eigenvalue weighted by atomic mass is 19.4. The first-order chi connectivity index (χ1) is 15.6. The van der Waals surface area contributed by atoms with Crippen molar-refractivity contribution in [2.75, 3.05) is 0 Å². The van der Waals surface area contributed by atoms with Gasteiger partial charge in [0.05, 0.1) is 5.56 Å². The van der Waals surface area contributed by atoms with Gasteiger partial charge in [0.15, 0.2) is 11.5 Å². The summed E-state index contributed by atoms with van der Waals surface area (Å²) in [4.78, 5) is 12.8. The number of nitrogens with one attached hydrogen (secondary N) is 2. The van der Waals surface area contributed by atoms with E-state index in [1.165, 1.54) is 24.3 Å². The van der Waals surface area contributed by atoms with Crippen molar-refractivity contribution in [3.05, 3.63) is 76.7 Å². The summed E-state index contributed by atoms with van der Waals surface area (Å²) in [6, 6.07) is 10.4. The molecule has 0 saturated heterocycles. The fourth-order valence-corrected chi connectivity index (χ4v) is 3.11. The third-order valence-electron chi connectivity index (χ3n) is 5.36. The van der Waals surface area contributed by atoms with E-state index in [2.05, 4.69) is 15.8 Å². The predicted molar refractivity (Wildman–Crippen MR) is 116 cm³/mol. The second-order valence-corrected chi connectivity index (χ2v) is 8.15. The maximum absolute atomic E-state index is 13.4. The van der Waals surface area contributed by atoms with Gasteiger partial charge in [-0.15, -0.1) is 0 Å². The smallest absolute Gasteiger partial charge is 0.355 e. The van der Waals surface area contributed by atoms with Crippen molar-refractivity contribution in [2.24, 2.45) is 5.92 Å². The lowest BCUT2D eigenvalue weighted by molar-refractivity contribution is -0.137. The summed E-state index contributed by atoms with van der Waals surface area (Å²) in [7, 11) is 0. The van der Waals surface area contributed by atoms with Crippen molar-refractivity contribution in [3.8, 4) is 11.3 Å². The summed E-state index contributed by atoms with van der Waals surface area (Å²) in [6.45, 7) is 6.22. The minimum absolute atomic E-state index is 0.0455. The molecule has 2 aromatic carbocycles. The highest BCUT2D eigenvalue weighted by Gasteiger charge is 2.31. The van der Waals surface area contributed by atoms with Gasteiger partial charge in [-0.25, -0.2) is 4.39 Å². The number of nitrogens with zero attached hydrogens (tertiary/aromatic N) is 1. The number of amides is 1. The number of alkyl halides is 3. The number of aromatic nitrogens is 1. The van der Waals surface area contributed by atoms with Crippen LogP contribution in [0.1, 0.15) is 48.0 Å². The quantitative estimate of drug-likeness (QED) is 0.429. The van der Waals surface area contributed by atoms with Gasteiger partial charge in [-0.3, -0.25) is 4.79 Å². The summed E-state index contributed by atoms with van der Waals surface area (Å²) < 4.78 is 57.6. The zero-order valence-electron chi connectivity index (χ0n) is 18.5. The summed E-state index contributed by atoms with van der Waals surface area (Å²) in [5.74, 6) is -0.435. The molecule has 0 unspecified atom stereocenters. The molecule has 0 aliphatic heterocycles. The van der Waals surface area contributed by atoms with E-state index in [1.807, 2.05) is 20.8 Å². The van der Waals surface area contributed by atoms with Crippen LogP contribution in [0.5, 0.6) is 0 Å². The lowest BCUT2D eigenvalue weighted by Crippen LogP contribution is -2.37. The zero-order chi connectivity index (χ0) is 24.2. The van der Waals surface area contributed by atoms with E-state index in [0.717, 1.165) is 12.1 Å². The zero-order valence-corrected chi connectivity index (χ0v) is 18.5. The van der Waals surface area contributed by atoms with Gasteiger partial charge in [0.1, 0.15) is 5.82 Å². The standard InChI is InChI=1S/C24H25F4N3O2/c1-14(2)15(3)30-23(32)21-20(13-29-12-16-5-4-6-19(25)11-16)22(33-31-21)17-7-9-18(10-8-17)24(26,27)28/h4-11,14-15,29H,12-13H2,1-3H3,(H,30,32)/t15-/m0/s1. The third kappa shape index (κ3) is 6.19. The number of benzene rings is 2. The average Bonchev–Trinajstić information content (AvgIpc) is 3.17. The molecule has 0 radical (unpaired) electrons. The number of rotatable bonds is 8. The molecule has 5 nitrogen and oxygen atoms in total. The van der Waals surface area contributed by atoms with Crippen molar-refractivity contribution in [1.82, 2.24) is 15.8 Å². The van der Waals surface area contributed by atoms with Crippen LogP contribution < -0.4 is 10.6 Å².